The summed E-state index contributed by atoms with van der Waals surface area (Å²) in [4.78, 5) is 5.20. The monoisotopic (exact) mass is 302 g/mol. The molecule has 2 rings (SSSR count). The first-order chi connectivity index (χ1) is 9.81. The highest BCUT2D eigenvalue weighted by Gasteiger charge is 2.33. The van der Waals surface area contributed by atoms with Gasteiger partial charge in [0, 0.05) is 12.2 Å². The van der Waals surface area contributed by atoms with Crippen molar-refractivity contribution in [3.63, 3.8) is 0 Å². The zero-order valence-corrected chi connectivity index (χ0v) is 11.4. The second kappa shape index (κ2) is 5.88. The standard InChI is InChI=1S/C13H17F3N4O/c14-13(15,16)7-20(4-5-21)12-9(11(17)18)6-8-2-1-3-10(8)19-12/h6,21H,1-5,7H2,(H3,17,18). The number of amidine groups is 1. The number of fused-ring (bicyclic) bond motifs is 1. The van der Waals surface area contributed by atoms with E-state index in [2.05, 4.69) is 4.98 Å². The van der Waals surface area contributed by atoms with E-state index in [4.69, 9.17) is 16.2 Å². The number of aliphatic hydroxyl groups is 1. The Bertz CT molecular complexity index is 545. The fraction of sp³-hybridized carbons (Fsp3) is 0.538. The van der Waals surface area contributed by atoms with Crippen LogP contribution in [0.5, 0.6) is 0 Å². The number of alkyl halides is 3. The maximum atomic E-state index is 12.7. The number of nitrogens with one attached hydrogen (secondary N) is 1. The van der Waals surface area contributed by atoms with E-state index in [1.807, 2.05) is 0 Å². The molecular weight excluding hydrogens is 285 g/mol. The van der Waals surface area contributed by atoms with Gasteiger partial charge in [0.1, 0.15) is 18.2 Å². The molecule has 0 bridgehead atoms. The summed E-state index contributed by atoms with van der Waals surface area (Å²) in [6.45, 7) is -1.89. The molecule has 0 fully saturated rings. The lowest BCUT2D eigenvalue weighted by atomic mass is 10.1. The summed E-state index contributed by atoms with van der Waals surface area (Å²) in [5.41, 5.74) is 7.35. The van der Waals surface area contributed by atoms with Crippen molar-refractivity contribution in [2.24, 2.45) is 5.73 Å². The zero-order valence-electron chi connectivity index (χ0n) is 11.4. The van der Waals surface area contributed by atoms with Gasteiger partial charge in [-0.25, -0.2) is 4.98 Å². The molecule has 0 unspecified atom stereocenters. The Kier molecular flexibility index (Phi) is 4.36. The molecule has 4 N–H and O–H groups in total. The molecule has 0 aromatic carbocycles. The van der Waals surface area contributed by atoms with Gasteiger partial charge >= 0.3 is 6.18 Å². The van der Waals surface area contributed by atoms with Crippen LogP contribution in [0.1, 0.15) is 23.2 Å². The van der Waals surface area contributed by atoms with Crippen LogP contribution < -0.4 is 10.6 Å². The third-order valence-electron chi connectivity index (χ3n) is 3.36. The molecule has 0 spiro atoms. The van der Waals surface area contributed by atoms with Crippen molar-refractivity contribution in [2.75, 3.05) is 24.6 Å². The van der Waals surface area contributed by atoms with Gasteiger partial charge in [-0.3, -0.25) is 5.41 Å². The van der Waals surface area contributed by atoms with Crippen LogP contribution in [0.4, 0.5) is 19.0 Å². The Balaban J connectivity index is 2.45. The Labute approximate surface area is 120 Å². The number of aromatic nitrogens is 1. The SMILES string of the molecule is N=C(N)c1cc2c(nc1N(CCO)CC(F)(F)F)CCC2. The van der Waals surface area contributed by atoms with E-state index in [0.29, 0.717) is 6.42 Å². The van der Waals surface area contributed by atoms with Crippen LogP contribution in [0.3, 0.4) is 0 Å². The fourth-order valence-electron chi connectivity index (χ4n) is 2.50. The Morgan fingerprint density at radius 2 is 2.14 bits per heavy atom. The first kappa shape index (κ1) is 15.6. The summed E-state index contributed by atoms with van der Waals surface area (Å²) in [6.07, 6.45) is -2.03. The van der Waals surface area contributed by atoms with Gasteiger partial charge in [0.25, 0.3) is 0 Å². The molecule has 116 valence electrons. The molecule has 21 heavy (non-hydrogen) atoms. The number of nitrogen functional groups attached to an aromatic ring is 1. The number of hydrogen-bond donors (Lipinski definition) is 3. The Morgan fingerprint density at radius 3 is 2.71 bits per heavy atom. The van der Waals surface area contributed by atoms with Crippen LogP contribution in [0.15, 0.2) is 6.07 Å². The van der Waals surface area contributed by atoms with E-state index in [1.165, 1.54) is 0 Å². The van der Waals surface area contributed by atoms with Gasteiger partial charge in [0.15, 0.2) is 0 Å². The van der Waals surface area contributed by atoms with Crippen molar-refractivity contribution in [3.05, 3.63) is 22.9 Å². The average molecular weight is 302 g/mol. The van der Waals surface area contributed by atoms with E-state index < -0.39 is 19.3 Å². The smallest absolute Gasteiger partial charge is 0.395 e. The molecule has 1 aromatic rings. The third-order valence-corrected chi connectivity index (χ3v) is 3.36. The third kappa shape index (κ3) is 3.63. The van der Waals surface area contributed by atoms with Gasteiger partial charge in [-0.05, 0) is 30.9 Å². The number of nitrogens with zero attached hydrogens (tertiary/aromatic N) is 2. The number of aliphatic hydroxyl groups excluding tert-OH is 1. The van der Waals surface area contributed by atoms with Crippen LogP contribution in [0.2, 0.25) is 0 Å². The van der Waals surface area contributed by atoms with Gasteiger partial charge in [0.05, 0.1) is 12.2 Å². The number of nitrogens with two attached hydrogens (primary N) is 1. The topological polar surface area (TPSA) is 86.2 Å². The molecule has 5 nitrogen and oxygen atoms in total. The number of rotatable bonds is 5. The van der Waals surface area contributed by atoms with Crippen molar-refractivity contribution >= 4 is 11.7 Å². The second-order valence-corrected chi connectivity index (χ2v) is 4.99. The number of halogens is 3. The summed E-state index contributed by atoms with van der Waals surface area (Å²) in [5, 5.41) is 16.6. The number of anilines is 1. The van der Waals surface area contributed by atoms with Crippen LogP contribution >= 0.6 is 0 Å². The van der Waals surface area contributed by atoms with Crippen molar-refractivity contribution in [1.29, 1.82) is 5.41 Å². The minimum Gasteiger partial charge on any atom is -0.395 e. The van der Waals surface area contributed by atoms with Gasteiger partial charge < -0.3 is 15.7 Å². The second-order valence-electron chi connectivity index (χ2n) is 4.99. The predicted molar refractivity (Wildman–Crippen MR) is 72.6 cm³/mol. The number of aryl methyl sites for hydroxylation is 2. The molecule has 0 saturated carbocycles. The molecule has 0 amide bonds. The van der Waals surface area contributed by atoms with Crippen molar-refractivity contribution in [1.82, 2.24) is 4.98 Å². The Hall–Kier alpha value is -1.83. The summed E-state index contributed by atoms with van der Waals surface area (Å²) < 4.78 is 38.1. The van der Waals surface area contributed by atoms with Crippen molar-refractivity contribution in [2.45, 2.75) is 25.4 Å². The lowest BCUT2D eigenvalue weighted by Gasteiger charge is -2.26. The number of hydrogen-bond acceptors (Lipinski definition) is 4. The molecular formula is C13H17F3N4O. The lowest BCUT2D eigenvalue weighted by molar-refractivity contribution is -0.120. The molecule has 1 aliphatic carbocycles. The van der Waals surface area contributed by atoms with Gasteiger partial charge in [0.2, 0.25) is 0 Å². The molecule has 0 radical (unpaired) electrons. The summed E-state index contributed by atoms with van der Waals surface area (Å²) in [7, 11) is 0. The molecule has 1 heterocycles. The highest BCUT2D eigenvalue weighted by Crippen LogP contribution is 2.29. The maximum Gasteiger partial charge on any atom is 0.405 e. The normalized spacial score (nSPS) is 14.1. The van der Waals surface area contributed by atoms with E-state index >= 15 is 0 Å². The average Bonchev–Trinajstić information content (AvgIpc) is 2.82. The van der Waals surface area contributed by atoms with Gasteiger partial charge in [-0.15, -0.1) is 0 Å². The lowest BCUT2D eigenvalue weighted by Crippen LogP contribution is -2.38. The number of pyridine rings is 1. The summed E-state index contributed by atoms with van der Waals surface area (Å²) in [5.74, 6) is -0.299. The van der Waals surface area contributed by atoms with Gasteiger partial charge in [-0.2, -0.15) is 13.2 Å². The van der Waals surface area contributed by atoms with Crippen LogP contribution in [0.25, 0.3) is 0 Å². The van der Waals surface area contributed by atoms with Crippen molar-refractivity contribution in [3.8, 4) is 0 Å². The van der Waals surface area contributed by atoms with E-state index in [9.17, 15) is 13.2 Å². The Morgan fingerprint density at radius 1 is 1.43 bits per heavy atom. The molecule has 0 aliphatic heterocycles. The molecule has 1 aliphatic rings. The fourth-order valence-corrected chi connectivity index (χ4v) is 2.50. The highest BCUT2D eigenvalue weighted by molar-refractivity contribution is 6.00. The quantitative estimate of drug-likeness (QED) is 0.564. The van der Waals surface area contributed by atoms with E-state index in [1.54, 1.807) is 6.07 Å². The molecule has 0 atom stereocenters. The van der Waals surface area contributed by atoms with Gasteiger partial charge in [-0.1, -0.05) is 0 Å². The summed E-state index contributed by atoms with van der Waals surface area (Å²) in [6, 6.07) is 1.65. The molecule has 0 saturated heterocycles. The van der Waals surface area contributed by atoms with E-state index in [0.717, 1.165) is 29.0 Å². The van der Waals surface area contributed by atoms with E-state index in [-0.39, 0.29) is 23.8 Å². The highest BCUT2D eigenvalue weighted by atomic mass is 19.4. The largest absolute Gasteiger partial charge is 0.405 e. The molecule has 1 aromatic heterocycles. The minimum atomic E-state index is -4.43. The zero-order chi connectivity index (χ0) is 15.6. The summed E-state index contributed by atoms with van der Waals surface area (Å²) >= 11 is 0. The van der Waals surface area contributed by atoms with Crippen LogP contribution in [-0.2, 0) is 12.8 Å². The minimum absolute atomic E-state index is 0.0227. The predicted octanol–water partition coefficient (Wildman–Crippen LogP) is 1.22. The molecule has 8 heteroatoms. The van der Waals surface area contributed by atoms with Crippen LogP contribution in [0, 0.1) is 5.41 Å². The maximum absolute atomic E-state index is 12.7. The van der Waals surface area contributed by atoms with Crippen molar-refractivity contribution < 1.29 is 18.3 Å². The van der Waals surface area contributed by atoms with Crippen LogP contribution in [-0.4, -0.2) is 41.8 Å². The first-order valence-electron chi connectivity index (χ1n) is 6.61. The first-order valence-corrected chi connectivity index (χ1v) is 6.61.